The van der Waals surface area contributed by atoms with Gasteiger partial charge < -0.3 is 15.0 Å². The molecule has 2 N–H and O–H groups in total. The minimum Gasteiger partial charge on any atom is -0.442 e. The largest absolute Gasteiger partial charge is 0.442 e. The van der Waals surface area contributed by atoms with Crippen molar-refractivity contribution < 1.29 is 9.53 Å². The third-order valence-electron chi connectivity index (χ3n) is 4.91. The summed E-state index contributed by atoms with van der Waals surface area (Å²) in [6, 6.07) is 15.9. The van der Waals surface area contributed by atoms with Crippen LogP contribution < -0.4 is 5.32 Å². The van der Waals surface area contributed by atoms with E-state index in [1.165, 1.54) is 27.4 Å². The molecule has 0 saturated heterocycles. The second-order valence-electron chi connectivity index (χ2n) is 8.47. The Bertz CT molecular complexity index is 1270. The number of carbonyl (C=O) groups is 1. The lowest BCUT2D eigenvalue weighted by Crippen LogP contribution is -2.27. The lowest BCUT2D eigenvalue weighted by atomic mass is 10.1. The van der Waals surface area contributed by atoms with Gasteiger partial charge in [0.15, 0.2) is 0 Å². The SMILES string of the molecule is CC(C)(C)OC(=O)n1nc(CSC(=S)NCCc2c[nH]c3ccccc23)c2ccccc21. The van der Waals surface area contributed by atoms with E-state index in [2.05, 4.69) is 33.7 Å². The zero-order valence-electron chi connectivity index (χ0n) is 18.3. The van der Waals surface area contributed by atoms with Crippen LogP contribution in [0.25, 0.3) is 21.8 Å². The fraction of sp³-hybridized carbons (Fsp3) is 0.292. The molecule has 0 saturated carbocycles. The molecule has 0 aliphatic heterocycles. The summed E-state index contributed by atoms with van der Waals surface area (Å²) in [4.78, 5) is 15.9. The van der Waals surface area contributed by atoms with Gasteiger partial charge in [0, 0.05) is 34.8 Å². The first-order valence-corrected chi connectivity index (χ1v) is 11.9. The van der Waals surface area contributed by atoms with Crippen LogP contribution in [-0.4, -0.2) is 37.3 Å². The van der Waals surface area contributed by atoms with Gasteiger partial charge in [-0.2, -0.15) is 9.78 Å². The van der Waals surface area contributed by atoms with Crippen LogP contribution in [0.3, 0.4) is 0 Å². The van der Waals surface area contributed by atoms with Crippen molar-refractivity contribution in [3.63, 3.8) is 0 Å². The van der Waals surface area contributed by atoms with Crippen LogP contribution in [-0.2, 0) is 16.9 Å². The van der Waals surface area contributed by atoms with Gasteiger partial charge in [-0.3, -0.25) is 0 Å². The van der Waals surface area contributed by atoms with E-state index in [1.54, 1.807) is 0 Å². The van der Waals surface area contributed by atoms with Crippen LogP contribution in [0.15, 0.2) is 54.7 Å². The predicted molar refractivity (Wildman–Crippen MR) is 135 cm³/mol. The molecular formula is C24H26N4O2S2. The molecule has 166 valence electrons. The second-order valence-corrected chi connectivity index (χ2v) is 10.1. The molecule has 0 radical (unpaired) electrons. The average molecular weight is 467 g/mol. The highest BCUT2D eigenvalue weighted by Gasteiger charge is 2.22. The van der Waals surface area contributed by atoms with E-state index in [-0.39, 0.29) is 0 Å². The molecule has 6 nitrogen and oxygen atoms in total. The van der Waals surface area contributed by atoms with Crippen molar-refractivity contribution in [2.24, 2.45) is 0 Å². The summed E-state index contributed by atoms with van der Waals surface area (Å²) in [5, 5.41) is 10.0. The highest BCUT2D eigenvalue weighted by molar-refractivity contribution is 8.22. The summed E-state index contributed by atoms with van der Waals surface area (Å²) in [7, 11) is 0. The van der Waals surface area contributed by atoms with E-state index in [1.807, 2.05) is 57.2 Å². The van der Waals surface area contributed by atoms with E-state index < -0.39 is 11.7 Å². The minimum atomic E-state index is -0.588. The Balaban J connectivity index is 1.37. The number of thiocarbonyl (C=S) groups is 1. The highest BCUT2D eigenvalue weighted by Crippen LogP contribution is 2.24. The molecule has 0 amide bonds. The lowest BCUT2D eigenvalue weighted by molar-refractivity contribution is 0.0522. The predicted octanol–water partition coefficient (Wildman–Crippen LogP) is 5.65. The quantitative estimate of drug-likeness (QED) is 0.370. The monoisotopic (exact) mass is 466 g/mol. The minimum absolute atomic E-state index is 0.482. The number of carbonyl (C=O) groups excluding carboxylic acids is 1. The van der Waals surface area contributed by atoms with Gasteiger partial charge in [0.25, 0.3) is 0 Å². The summed E-state index contributed by atoms with van der Waals surface area (Å²) in [5.74, 6) is 0.565. The fourth-order valence-electron chi connectivity index (χ4n) is 3.50. The molecule has 0 spiro atoms. The maximum absolute atomic E-state index is 12.6. The number of fused-ring (bicyclic) bond motifs is 2. The summed E-state index contributed by atoms with van der Waals surface area (Å²) >= 11 is 7.02. The molecule has 0 fully saturated rings. The first-order valence-electron chi connectivity index (χ1n) is 10.5. The number of nitrogens with one attached hydrogen (secondary N) is 2. The van der Waals surface area contributed by atoms with Crippen LogP contribution in [0.5, 0.6) is 0 Å². The molecule has 0 aliphatic carbocycles. The Morgan fingerprint density at radius 3 is 2.66 bits per heavy atom. The highest BCUT2D eigenvalue weighted by atomic mass is 32.2. The van der Waals surface area contributed by atoms with Gasteiger partial charge in [0.05, 0.1) is 11.2 Å². The molecule has 8 heteroatoms. The first-order chi connectivity index (χ1) is 15.3. The van der Waals surface area contributed by atoms with Crippen LogP contribution in [0.1, 0.15) is 32.0 Å². The molecule has 2 aromatic heterocycles. The number of thioether (sulfide) groups is 1. The van der Waals surface area contributed by atoms with Gasteiger partial charge in [-0.05, 0) is 44.9 Å². The zero-order valence-corrected chi connectivity index (χ0v) is 20.0. The maximum Gasteiger partial charge on any atom is 0.435 e. The Hall–Kier alpha value is -2.84. The van der Waals surface area contributed by atoms with Gasteiger partial charge >= 0.3 is 6.09 Å². The van der Waals surface area contributed by atoms with Crippen LogP contribution >= 0.6 is 24.0 Å². The molecule has 0 aliphatic rings. The smallest absolute Gasteiger partial charge is 0.435 e. The van der Waals surface area contributed by atoms with Crippen molar-refractivity contribution >= 4 is 56.2 Å². The van der Waals surface area contributed by atoms with Gasteiger partial charge in [-0.25, -0.2) is 4.79 Å². The van der Waals surface area contributed by atoms with Gasteiger partial charge in [-0.15, -0.1) is 0 Å². The summed E-state index contributed by atoms with van der Waals surface area (Å²) in [5.41, 5.74) is 3.36. The Kier molecular flexibility index (Phi) is 6.53. The summed E-state index contributed by atoms with van der Waals surface area (Å²) < 4.78 is 7.55. The molecule has 2 heterocycles. The van der Waals surface area contributed by atoms with Gasteiger partial charge in [0.2, 0.25) is 0 Å². The van der Waals surface area contributed by atoms with Crippen molar-refractivity contribution in [2.75, 3.05) is 6.54 Å². The first kappa shape index (κ1) is 22.4. The topological polar surface area (TPSA) is 71.9 Å². The van der Waals surface area contributed by atoms with Crippen molar-refractivity contribution in [1.29, 1.82) is 0 Å². The van der Waals surface area contributed by atoms with Crippen molar-refractivity contribution in [3.05, 3.63) is 66.0 Å². The maximum atomic E-state index is 12.6. The Morgan fingerprint density at radius 1 is 1.16 bits per heavy atom. The van der Waals surface area contributed by atoms with E-state index >= 15 is 0 Å². The number of para-hydroxylation sites is 2. The number of hydrogen-bond acceptors (Lipinski definition) is 5. The van der Waals surface area contributed by atoms with E-state index in [9.17, 15) is 4.79 Å². The van der Waals surface area contributed by atoms with Gasteiger partial charge in [0.1, 0.15) is 9.92 Å². The van der Waals surface area contributed by atoms with Crippen LogP contribution in [0, 0.1) is 0 Å². The number of rotatable bonds is 5. The lowest BCUT2D eigenvalue weighted by Gasteiger charge is -2.19. The number of benzene rings is 2. The zero-order chi connectivity index (χ0) is 22.7. The van der Waals surface area contributed by atoms with Crippen LogP contribution in [0.4, 0.5) is 4.79 Å². The van der Waals surface area contributed by atoms with Crippen molar-refractivity contribution in [2.45, 2.75) is 38.5 Å². The number of nitrogens with zero attached hydrogens (tertiary/aromatic N) is 2. The van der Waals surface area contributed by atoms with E-state index in [4.69, 9.17) is 17.0 Å². The molecule has 0 bridgehead atoms. The average Bonchev–Trinajstić information content (AvgIpc) is 3.33. The number of H-pyrrole nitrogens is 1. The van der Waals surface area contributed by atoms with Crippen LogP contribution in [0.2, 0.25) is 0 Å². The normalized spacial score (nSPS) is 11.7. The molecular weight excluding hydrogens is 440 g/mol. The van der Waals surface area contributed by atoms with Crippen molar-refractivity contribution in [3.8, 4) is 0 Å². The standard InChI is InChI=1S/C24H26N4O2S2/c1-24(2,3)30-23(29)28-21-11-7-5-9-18(21)20(27-28)15-32-22(31)25-13-12-16-14-26-19-10-6-4-8-17(16)19/h4-11,14,26H,12-13,15H2,1-3H3,(H,25,31). The molecule has 2 aromatic carbocycles. The third kappa shape index (κ3) is 5.14. The number of ether oxygens (including phenoxy) is 1. The molecule has 32 heavy (non-hydrogen) atoms. The second kappa shape index (κ2) is 9.34. The molecule has 4 rings (SSSR count). The van der Waals surface area contributed by atoms with E-state index in [0.29, 0.717) is 10.1 Å². The Labute approximate surface area is 196 Å². The number of hydrogen-bond donors (Lipinski definition) is 2. The molecule has 4 aromatic rings. The number of aromatic amines is 1. The Morgan fingerprint density at radius 2 is 1.88 bits per heavy atom. The molecule has 0 unspecified atom stereocenters. The molecule has 0 atom stereocenters. The fourth-order valence-corrected chi connectivity index (χ4v) is 4.47. The van der Waals surface area contributed by atoms with Gasteiger partial charge in [-0.1, -0.05) is 60.4 Å². The third-order valence-corrected chi connectivity index (χ3v) is 6.23. The van der Waals surface area contributed by atoms with Crippen molar-refractivity contribution in [1.82, 2.24) is 20.1 Å². The summed E-state index contributed by atoms with van der Waals surface area (Å²) in [6.07, 6.45) is 2.45. The van der Waals surface area contributed by atoms with E-state index in [0.717, 1.165) is 35.1 Å². The summed E-state index contributed by atoms with van der Waals surface area (Å²) in [6.45, 7) is 6.27. The number of aromatic nitrogens is 3.